The highest BCUT2D eigenvalue weighted by molar-refractivity contribution is 6.31. The summed E-state index contributed by atoms with van der Waals surface area (Å²) in [7, 11) is 0. The highest BCUT2D eigenvalue weighted by Crippen LogP contribution is 2.54. The number of hydrogen-bond acceptors (Lipinski definition) is 2. The van der Waals surface area contributed by atoms with E-state index in [1.165, 1.54) is 0 Å². The van der Waals surface area contributed by atoms with Crippen molar-refractivity contribution in [1.29, 1.82) is 0 Å². The maximum Gasteiger partial charge on any atom is 0.269 e. The molecule has 1 N–H and O–H groups in total. The van der Waals surface area contributed by atoms with E-state index in [0.29, 0.717) is 21.8 Å². The fourth-order valence-corrected chi connectivity index (χ4v) is 5.77. The largest absolute Gasteiger partial charge is 0.372 e. The van der Waals surface area contributed by atoms with E-state index in [9.17, 15) is 9.90 Å². The van der Waals surface area contributed by atoms with Gasteiger partial charge in [-0.15, -0.1) is 0 Å². The first-order valence-corrected chi connectivity index (χ1v) is 12.5. The minimum absolute atomic E-state index is 0.437. The lowest BCUT2D eigenvalue weighted by Gasteiger charge is -2.44. The number of carbonyl (C=O) groups excluding carboxylic acids is 1. The van der Waals surface area contributed by atoms with E-state index in [4.69, 9.17) is 11.6 Å². The van der Waals surface area contributed by atoms with Gasteiger partial charge in [-0.3, -0.25) is 9.69 Å². The Balaban J connectivity index is 1.76. The van der Waals surface area contributed by atoms with Crippen molar-refractivity contribution in [1.82, 2.24) is 0 Å². The predicted molar refractivity (Wildman–Crippen MR) is 148 cm³/mol. The van der Waals surface area contributed by atoms with Crippen molar-refractivity contribution in [3.05, 3.63) is 172 Å². The third kappa shape index (κ3) is 3.43. The molecule has 6 rings (SSSR count). The first kappa shape index (κ1) is 23.2. The number of amides is 1. The van der Waals surface area contributed by atoms with Crippen molar-refractivity contribution in [3.8, 4) is 0 Å². The van der Waals surface area contributed by atoms with Gasteiger partial charge in [0, 0.05) is 10.6 Å². The summed E-state index contributed by atoms with van der Waals surface area (Å²) in [5.41, 5.74) is 1.29. The minimum atomic E-state index is -1.88. The standard InChI is InChI=1S/C33H24ClNO2/c34-28-21-22-29-30(23-28)35(31(36)33(29,37)27-19-11-4-12-20-27)32(24-13-5-1-6-14-24,25-15-7-2-8-16-25)26-17-9-3-10-18-26/h1-23,37H/t33-/m1/s1. The Morgan fingerprint density at radius 1 is 0.622 bits per heavy atom. The molecule has 0 radical (unpaired) electrons. The van der Waals surface area contributed by atoms with E-state index in [2.05, 4.69) is 0 Å². The molecular weight excluding hydrogens is 478 g/mol. The van der Waals surface area contributed by atoms with Gasteiger partial charge < -0.3 is 5.11 Å². The SMILES string of the molecule is O=C1N(C(c2ccccc2)(c2ccccc2)c2ccccc2)c2cc(Cl)ccc2[C@]1(O)c1ccccc1. The molecular formula is C33H24ClNO2. The molecule has 3 nitrogen and oxygen atoms in total. The van der Waals surface area contributed by atoms with Gasteiger partial charge in [-0.25, -0.2) is 0 Å². The quantitative estimate of drug-likeness (QED) is 0.266. The Bertz CT molecular complexity index is 1460. The number of nitrogens with zero attached hydrogens (tertiary/aromatic N) is 1. The molecule has 1 aliphatic rings. The number of carbonyl (C=O) groups is 1. The maximum atomic E-state index is 14.8. The van der Waals surface area contributed by atoms with Gasteiger partial charge in [0.05, 0.1) is 5.69 Å². The number of fused-ring (bicyclic) bond motifs is 1. The number of anilines is 1. The summed E-state index contributed by atoms with van der Waals surface area (Å²) in [5.74, 6) is -0.437. The Hall–Kier alpha value is -4.18. The minimum Gasteiger partial charge on any atom is -0.372 e. The summed E-state index contributed by atoms with van der Waals surface area (Å²) in [6, 6.07) is 44.2. The molecule has 1 aliphatic heterocycles. The van der Waals surface area contributed by atoms with E-state index in [1.807, 2.05) is 109 Å². The average Bonchev–Trinajstić information content (AvgIpc) is 3.18. The first-order chi connectivity index (χ1) is 18.1. The lowest BCUT2D eigenvalue weighted by Crippen LogP contribution is -2.53. The normalized spacial score (nSPS) is 17.0. The third-order valence-electron chi connectivity index (χ3n) is 7.20. The van der Waals surface area contributed by atoms with Crippen molar-refractivity contribution in [2.75, 3.05) is 4.90 Å². The van der Waals surface area contributed by atoms with Crippen molar-refractivity contribution in [2.45, 2.75) is 11.1 Å². The van der Waals surface area contributed by atoms with E-state index in [-0.39, 0.29) is 0 Å². The molecule has 0 aliphatic carbocycles. The van der Waals surface area contributed by atoms with Gasteiger partial charge in [-0.2, -0.15) is 0 Å². The van der Waals surface area contributed by atoms with E-state index < -0.39 is 17.0 Å². The van der Waals surface area contributed by atoms with Gasteiger partial charge in [0.25, 0.3) is 5.91 Å². The van der Waals surface area contributed by atoms with Crippen LogP contribution in [0, 0.1) is 0 Å². The maximum absolute atomic E-state index is 14.8. The number of benzene rings is 5. The number of halogens is 1. The van der Waals surface area contributed by atoms with Gasteiger partial charge in [0.2, 0.25) is 0 Å². The van der Waals surface area contributed by atoms with Crippen LogP contribution in [0.5, 0.6) is 0 Å². The molecule has 1 atom stereocenters. The van der Waals surface area contributed by atoms with Crippen LogP contribution in [0.2, 0.25) is 5.02 Å². The van der Waals surface area contributed by atoms with Gasteiger partial charge >= 0.3 is 0 Å². The summed E-state index contributed by atoms with van der Waals surface area (Å²) in [4.78, 5) is 16.5. The molecule has 0 fully saturated rings. The van der Waals surface area contributed by atoms with Crippen LogP contribution in [0.3, 0.4) is 0 Å². The smallest absolute Gasteiger partial charge is 0.269 e. The van der Waals surface area contributed by atoms with Crippen molar-refractivity contribution in [2.24, 2.45) is 0 Å². The highest BCUT2D eigenvalue weighted by Gasteiger charge is 2.58. The molecule has 0 unspecified atom stereocenters. The summed E-state index contributed by atoms with van der Waals surface area (Å²) >= 11 is 6.54. The summed E-state index contributed by atoms with van der Waals surface area (Å²) < 4.78 is 0. The van der Waals surface area contributed by atoms with Crippen LogP contribution in [0.1, 0.15) is 27.8 Å². The van der Waals surface area contributed by atoms with Crippen LogP contribution in [-0.4, -0.2) is 11.0 Å². The zero-order valence-electron chi connectivity index (χ0n) is 20.0. The molecule has 37 heavy (non-hydrogen) atoms. The van der Waals surface area contributed by atoms with Crippen LogP contribution < -0.4 is 4.90 Å². The van der Waals surface area contributed by atoms with Gasteiger partial charge in [-0.05, 0) is 34.4 Å². The van der Waals surface area contributed by atoms with Crippen LogP contribution in [0.4, 0.5) is 5.69 Å². The third-order valence-corrected chi connectivity index (χ3v) is 7.44. The summed E-state index contributed by atoms with van der Waals surface area (Å²) in [6.07, 6.45) is 0. The second-order valence-electron chi connectivity index (χ2n) is 9.19. The highest BCUT2D eigenvalue weighted by atomic mass is 35.5. The van der Waals surface area contributed by atoms with Crippen LogP contribution in [-0.2, 0) is 15.9 Å². The number of rotatable bonds is 5. The second kappa shape index (κ2) is 9.04. The zero-order chi connectivity index (χ0) is 25.5. The Morgan fingerprint density at radius 2 is 1.05 bits per heavy atom. The molecule has 180 valence electrons. The van der Waals surface area contributed by atoms with Crippen molar-refractivity contribution >= 4 is 23.2 Å². The molecule has 0 saturated carbocycles. The van der Waals surface area contributed by atoms with E-state index in [0.717, 1.165) is 16.7 Å². The molecule has 0 bridgehead atoms. The summed E-state index contributed by atoms with van der Waals surface area (Å²) in [6.45, 7) is 0. The zero-order valence-corrected chi connectivity index (χ0v) is 20.7. The number of aliphatic hydroxyl groups is 1. The lowest BCUT2D eigenvalue weighted by atomic mass is 9.75. The fraction of sp³-hybridized carbons (Fsp3) is 0.0606. The topological polar surface area (TPSA) is 40.5 Å². The Kier molecular flexibility index (Phi) is 5.68. The lowest BCUT2D eigenvalue weighted by molar-refractivity contribution is -0.133. The fourth-order valence-electron chi connectivity index (χ4n) is 5.60. The Labute approximate surface area is 221 Å². The van der Waals surface area contributed by atoms with Gasteiger partial charge in [-0.1, -0.05) is 139 Å². The molecule has 0 aromatic heterocycles. The average molecular weight is 502 g/mol. The van der Waals surface area contributed by atoms with Crippen LogP contribution in [0.15, 0.2) is 140 Å². The monoisotopic (exact) mass is 501 g/mol. The molecule has 0 spiro atoms. The van der Waals surface area contributed by atoms with E-state index >= 15 is 0 Å². The molecule has 1 heterocycles. The first-order valence-electron chi connectivity index (χ1n) is 12.2. The van der Waals surface area contributed by atoms with Crippen LogP contribution in [0.25, 0.3) is 0 Å². The van der Waals surface area contributed by atoms with Gasteiger partial charge in [0.1, 0.15) is 5.54 Å². The van der Waals surface area contributed by atoms with Gasteiger partial charge in [0.15, 0.2) is 5.60 Å². The predicted octanol–water partition coefficient (Wildman–Crippen LogP) is 6.91. The van der Waals surface area contributed by atoms with Crippen molar-refractivity contribution < 1.29 is 9.90 Å². The van der Waals surface area contributed by atoms with Crippen molar-refractivity contribution in [3.63, 3.8) is 0 Å². The second-order valence-corrected chi connectivity index (χ2v) is 9.62. The molecule has 5 aromatic carbocycles. The number of hydrogen-bond donors (Lipinski definition) is 1. The molecule has 4 heteroatoms. The molecule has 0 saturated heterocycles. The van der Waals surface area contributed by atoms with Crippen LogP contribution >= 0.6 is 11.6 Å². The molecule has 5 aromatic rings. The Morgan fingerprint density at radius 3 is 1.51 bits per heavy atom. The van der Waals surface area contributed by atoms with E-state index in [1.54, 1.807) is 35.2 Å². The summed E-state index contributed by atoms with van der Waals surface area (Å²) in [5, 5.41) is 12.8. The molecule has 1 amide bonds.